The lowest BCUT2D eigenvalue weighted by atomic mass is 10.2. The maximum atomic E-state index is 11.6. The fourth-order valence-electron chi connectivity index (χ4n) is 1.45. The van der Waals surface area contributed by atoms with Crippen molar-refractivity contribution in [3.05, 3.63) is 28.2 Å². The third kappa shape index (κ3) is 5.22. The van der Waals surface area contributed by atoms with Crippen LogP contribution in [-0.2, 0) is 4.79 Å². The van der Waals surface area contributed by atoms with E-state index in [1.807, 2.05) is 32.0 Å². The van der Waals surface area contributed by atoms with Crippen molar-refractivity contribution in [2.45, 2.75) is 33.2 Å². The van der Waals surface area contributed by atoms with Crippen molar-refractivity contribution in [2.75, 3.05) is 11.9 Å². The first-order valence-electron chi connectivity index (χ1n) is 5.81. The van der Waals surface area contributed by atoms with Gasteiger partial charge in [-0.15, -0.1) is 0 Å². The van der Waals surface area contributed by atoms with Crippen LogP contribution in [-0.4, -0.2) is 18.5 Å². The summed E-state index contributed by atoms with van der Waals surface area (Å²) in [4.78, 5) is 11.6. The average molecular weight is 299 g/mol. The summed E-state index contributed by atoms with van der Waals surface area (Å²) >= 11 is 3.43. The van der Waals surface area contributed by atoms with E-state index in [4.69, 9.17) is 0 Å². The molecule has 1 atom stereocenters. The summed E-state index contributed by atoms with van der Waals surface area (Å²) in [6.45, 7) is 6.38. The number of halogens is 1. The average Bonchev–Trinajstić information content (AvgIpc) is 2.25. The summed E-state index contributed by atoms with van der Waals surface area (Å²) in [7, 11) is 0. The molecule has 0 aliphatic heterocycles. The van der Waals surface area contributed by atoms with Gasteiger partial charge >= 0.3 is 0 Å². The highest BCUT2D eigenvalue weighted by atomic mass is 79.9. The Balaban J connectivity index is 2.47. The van der Waals surface area contributed by atoms with Gasteiger partial charge in [0.1, 0.15) is 0 Å². The standard InChI is InChI=1S/C13H19BrN2O/c1-4-10(3)16-13(17)8-15-12-6-9(2)5-11(14)7-12/h5-7,10,15H,4,8H2,1-3H3,(H,16,17). The van der Waals surface area contributed by atoms with Crippen molar-refractivity contribution < 1.29 is 4.79 Å². The van der Waals surface area contributed by atoms with Crippen LogP contribution in [0.1, 0.15) is 25.8 Å². The van der Waals surface area contributed by atoms with Gasteiger partial charge in [0.05, 0.1) is 6.54 Å². The zero-order chi connectivity index (χ0) is 12.8. The highest BCUT2D eigenvalue weighted by Gasteiger charge is 2.05. The maximum Gasteiger partial charge on any atom is 0.239 e. The number of hydrogen-bond acceptors (Lipinski definition) is 2. The van der Waals surface area contributed by atoms with E-state index >= 15 is 0 Å². The molecule has 0 aromatic heterocycles. The van der Waals surface area contributed by atoms with Crippen LogP contribution in [0.4, 0.5) is 5.69 Å². The van der Waals surface area contributed by atoms with E-state index in [0.717, 1.165) is 22.1 Å². The zero-order valence-corrected chi connectivity index (χ0v) is 12.1. The largest absolute Gasteiger partial charge is 0.376 e. The van der Waals surface area contributed by atoms with Gasteiger partial charge in [0.2, 0.25) is 5.91 Å². The minimum absolute atomic E-state index is 0.0250. The van der Waals surface area contributed by atoms with Crippen molar-refractivity contribution in [3.63, 3.8) is 0 Å². The Morgan fingerprint density at radius 1 is 1.41 bits per heavy atom. The van der Waals surface area contributed by atoms with Crippen LogP contribution in [0.5, 0.6) is 0 Å². The SMILES string of the molecule is CCC(C)NC(=O)CNc1cc(C)cc(Br)c1. The molecule has 0 saturated carbocycles. The number of benzene rings is 1. The third-order valence-corrected chi connectivity index (χ3v) is 2.97. The number of nitrogens with one attached hydrogen (secondary N) is 2. The molecule has 0 bridgehead atoms. The molecule has 0 aliphatic rings. The van der Waals surface area contributed by atoms with Crippen molar-refractivity contribution in [1.29, 1.82) is 0 Å². The van der Waals surface area contributed by atoms with Gasteiger partial charge in [-0.1, -0.05) is 22.9 Å². The quantitative estimate of drug-likeness (QED) is 0.877. The number of anilines is 1. The molecular formula is C13H19BrN2O. The predicted octanol–water partition coefficient (Wildman–Crippen LogP) is 3.08. The van der Waals surface area contributed by atoms with Crippen LogP contribution >= 0.6 is 15.9 Å². The van der Waals surface area contributed by atoms with Gasteiger partial charge in [-0.25, -0.2) is 0 Å². The first kappa shape index (κ1) is 14.0. The Kier molecular flexibility index (Phi) is 5.48. The van der Waals surface area contributed by atoms with E-state index in [2.05, 4.69) is 33.5 Å². The molecule has 1 aromatic rings. The normalized spacial score (nSPS) is 12.0. The molecule has 1 unspecified atom stereocenters. The van der Waals surface area contributed by atoms with Crippen molar-refractivity contribution in [1.82, 2.24) is 5.32 Å². The molecular weight excluding hydrogens is 280 g/mol. The van der Waals surface area contributed by atoms with Crippen LogP contribution in [0.25, 0.3) is 0 Å². The predicted molar refractivity (Wildman–Crippen MR) is 75.3 cm³/mol. The first-order valence-corrected chi connectivity index (χ1v) is 6.61. The molecule has 0 heterocycles. The number of amides is 1. The number of aryl methyl sites for hydroxylation is 1. The smallest absolute Gasteiger partial charge is 0.239 e. The van der Waals surface area contributed by atoms with Gasteiger partial charge in [-0.05, 0) is 44.0 Å². The Morgan fingerprint density at radius 3 is 2.71 bits per heavy atom. The molecule has 1 aromatic carbocycles. The fourth-order valence-corrected chi connectivity index (χ4v) is 2.06. The Labute approximate surface area is 111 Å². The van der Waals surface area contributed by atoms with Crippen LogP contribution in [0.3, 0.4) is 0 Å². The van der Waals surface area contributed by atoms with E-state index in [0.29, 0.717) is 6.54 Å². The van der Waals surface area contributed by atoms with E-state index < -0.39 is 0 Å². The summed E-state index contributed by atoms with van der Waals surface area (Å²) in [6, 6.07) is 6.24. The summed E-state index contributed by atoms with van der Waals surface area (Å²) in [5.74, 6) is 0.0250. The molecule has 0 fully saturated rings. The Hall–Kier alpha value is -1.03. The molecule has 1 rings (SSSR count). The van der Waals surface area contributed by atoms with Gasteiger partial charge in [-0.2, -0.15) is 0 Å². The number of carbonyl (C=O) groups excluding carboxylic acids is 1. The molecule has 3 nitrogen and oxygen atoms in total. The van der Waals surface area contributed by atoms with E-state index in [1.54, 1.807) is 0 Å². The first-order chi connectivity index (χ1) is 8.01. The second-order valence-corrected chi connectivity index (χ2v) is 5.16. The van der Waals surface area contributed by atoms with Crippen molar-refractivity contribution in [3.8, 4) is 0 Å². The molecule has 1 amide bonds. The number of hydrogen-bond donors (Lipinski definition) is 2. The van der Waals surface area contributed by atoms with Crippen LogP contribution in [0.2, 0.25) is 0 Å². The van der Waals surface area contributed by atoms with Gasteiger partial charge in [0.25, 0.3) is 0 Å². The Bertz CT molecular complexity index is 373. The summed E-state index contributed by atoms with van der Waals surface area (Å²) in [5.41, 5.74) is 2.11. The highest BCUT2D eigenvalue weighted by Crippen LogP contribution is 2.18. The van der Waals surface area contributed by atoms with E-state index in [9.17, 15) is 4.79 Å². The lowest BCUT2D eigenvalue weighted by Gasteiger charge is -2.12. The van der Waals surface area contributed by atoms with Gasteiger partial charge in [0.15, 0.2) is 0 Å². The minimum Gasteiger partial charge on any atom is -0.376 e. The van der Waals surface area contributed by atoms with E-state index in [1.165, 1.54) is 0 Å². The molecule has 2 N–H and O–H groups in total. The molecule has 0 aliphatic carbocycles. The van der Waals surface area contributed by atoms with Crippen LogP contribution in [0.15, 0.2) is 22.7 Å². The van der Waals surface area contributed by atoms with Crippen LogP contribution in [0, 0.1) is 6.92 Å². The van der Waals surface area contributed by atoms with Gasteiger partial charge < -0.3 is 10.6 Å². The molecule has 17 heavy (non-hydrogen) atoms. The molecule has 4 heteroatoms. The van der Waals surface area contributed by atoms with E-state index in [-0.39, 0.29) is 11.9 Å². The third-order valence-electron chi connectivity index (χ3n) is 2.51. The lowest BCUT2D eigenvalue weighted by Crippen LogP contribution is -2.36. The second kappa shape index (κ2) is 6.64. The number of rotatable bonds is 5. The second-order valence-electron chi connectivity index (χ2n) is 4.25. The van der Waals surface area contributed by atoms with Crippen molar-refractivity contribution in [2.24, 2.45) is 0 Å². The van der Waals surface area contributed by atoms with Gasteiger partial charge in [0, 0.05) is 16.2 Å². The lowest BCUT2D eigenvalue weighted by molar-refractivity contribution is -0.120. The fraction of sp³-hybridized carbons (Fsp3) is 0.462. The molecule has 0 spiro atoms. The molecule has 0 radical (unpaired) electrons. The van der Waals surface area contributed by atoms with Crippen molar-refractivity contribution >= 4 is 27.5 Å². The summed E-state index contributed by atoms with van der Waals surface area (Å²) in [6.07, 6.45) is 0.946. The minimum atomic E-state index is 0.0250. The highest BCUT2D eigenvalue weighted by molar-refractivity contribution is 9.10. The van der Waals surface area contributed by atoms with Crippen LogP contribution < -0.4 is 10.6 Å². The number of carbonyl (C=O) groups is 1. The molecule has 0 saturated heterocycles. The topological polar surface area (TPSA) is 41.1 Å². The monoisotopic (exact) mass is 298 g/mol. The maximum absolute atomic E-state index is 11.6. The summed E-state index contributed by atoms with van der Waals surface area (Å²) < 4.78 is 1.02. The zero-order valence-electron chi connectivity index (χ0n) is 10.5. The summed E-state index contributed by atoms with van der Waals surface area (Å²) in [5, 5.41) is 6.03. The van der Waals surface area contributed by atoms with Gasteiger partial charge in [-0.3, -0.25) is 4.79 Å². The molecule has 94 valence electrons. The Morgan fingerprint density at radius 2 is 2.12 bits per heavy atom.